The minimum Gasteiger partial charge on any atom is -0.497 e. The lowest BCUT2D eigenvalue weighted by Gasteiger charge is -2.39. The molecule has 4 rings (SSSR count). The van der Waals surface area contributed by atoms with Gasteiger partial charge in [0.2, 0.25) is 0 Å². The summed E-state index contributed by atoms with van der Waals surface area (Å²) >= 11 is 0. The van der Waals surface area contributed by atoms with Crippen molar-refractivity contribution in [2.75, 3.05) is 51.3 Å². The minimum atomic E-state index is 0.0451. The third-order valence-corrected chi connectivity index (χ3v) is 7.12. The van der Waals surface area contributed by atoms with Crippen LogP contribution in [0.5, 0.6) is 5.75 Å². The summed E-state index contributed by atoms with van der Waals surface area (Å²) in [4.78, 5) is 19.1. The number of piperazine rings is 1. The van der Waals surface area contributed by atoms with Crippen molar-refractivity contribution >= 4 is 11.6 Å². The van der Waals surface area contributed by atoms with Gasteiger partial charge in [-0.05, 0) is 61.9 Å². The molecule has 0 radical (unpaired) electrons. The van der Waals surface area contributed by atoms with Crippen molar-refractivity contribution in [2.45, 2.75) is 32.2 Å². The Labute approximate surface area is 186 Å². The third kappa shape index (κ3) is 5.40. The highest BCUT2D eigenvalue weighted by Gasteiger charge is 2.33. The Balaban J connectivity index is 1.23. The molecule has 5 nitrogen and oxygen atoms in total. The van der Waals surface area contributed by atoms with Gasteiger partial charge in [0, 0.05) is 18.8 Å². The topological polar surface area (TPSA) is 37.2 Å². The summed E-state index contributed by atoms with van der Waals surface area (Å²) in [7, 11) is 1.70. The van der Waals surface area contributed by atoms with Crippen LogP contribution < -0.4 is 14.5 Å². The first kappa shape index (κ1) is 21.7. The molecule has 2 aromatic carbocycles. The SMILES string of the molecule is COc1ccc(N2CC[NH+]([C@@H](C)C(=O)N3CCC(Cc4ccccc4)CC3)CC2)cc1. The number of likely N-dealkylation sites (tertiary alicyclic amines) is 1. The normalized spacial score (nSPS) is 19.3. The number of ether oxygens (including phenoxy) is 1. The van der Waals surface area contributed by atoms with E-state index >= 15 is 0 Å². The molecule has 2 heterocycles. The molecule has 2 fully saturated rings. The average Bonchev–Trinajstić information content (AvgIpc) is 2.84. The molecular weight excluding hydrogens is 386 g/mol. The Morgan fingerprint density at radius 1 is 1.00 bits per heavy atom. The van der Waals surface area contributed by atoms with Crippen LogP contribution in [0.1, 0.15) is 25.3 Å². The monoisotopic (exact) mass is 422 g/mol. The van der Waals surface area contributed by atoms with Crippen molar-refractivity contribution < 1.29 is 14.4 Å². The average molecular weight is 423 g/mol. The Bertz CT molecular complexity index is 823. The fourth-order valence-electron chi connectivity index (χ4n) is 5.03. The predicted octanol–water partition coefficient (Wildman–Crippen LogP) is 2.27. The summed E-state index contributed by atoms with van der Waals surface area (Å²) in [5.74, 6) is 1.92. The molecule has 5 heteroatoms. The maximum Gasteiger partial charge on any atom is 0.280 e. The second-order valence-electron chi connectivity index (χ2n) is 9.02. The number of nitrogens with zero attached hydrogens (tertiary/aromatic N) is 2. The van der Waals surface area contributed by atoms with Crippen LogP contribution in [0.4, 0.5) is 5.69 Å². The van der Waals surface area contributed by atoms with Gasteiger partial charge in [-0.2, -0.15) is 0 Å². The van der Waals surface area contributed by atoms with Crippen molar-refractivity contribution in [3.8, 4) is 5.75 Å². The maximum absolute atomic E-state index is 13.2. The van der Waals surface area contributed by atoms with Gasteiger partial charge >= 0.3 is 0 Å². The van der Waals surface area contributed by atoms with E-state index in [0.29, 0.717) is 11.8 Å². The second kappa shape index (κ2) is 10.2. The van der Waals surface area contributed by atoms with Crippen molar-refractivity contribution in [1.29, 1.82) is 0 Å². The maximum atomic E-state index is 13.2. The first-order chi connectivity index (χ1) is 15.1. The fraction of sp³-hybridized carbons (Fsp3) is 0.500. The highest BCUT2D eigenvalue weighted by molar-refractivity contribution is 5.80. The molecule has 2 aliphatic rings. The van der Waals surface area contributed by atoms with Crippen LogP contribution in [-0.2, 0) is 11.2 Å². The third-order valence-electron chi connectivity index (χ3n) is 7.12. The van der Waals surface area contributed by atoms with Crippen LogP contribution in [0.2, 0.25) is 0 Å². The molecule has 0 bridgehead atoms. The van der Waals surface area contributed by atoms with Crippen LogP contribution in [-0.4, -0.2) is 63.2 Å². The van der Waals surface area contributed by atoms with Crippen LogP contribution in [0.3, 0.4) is 0 Å². The van der Waals surface area contributed by atoms with E-state index in [1.807, 2.05) is 12.1 Å². The highest BCUT2D eigenvalue weighted by Crippen LogP contribution is 2.22. The van der Waals surface area contributed by atoms with Crippen molar-refractivity contribution in [1.82, 2.24) is 4.90 Å². The fourth-order valence-corrected chi connectivity index (χ4v) is 5.03. The number of methoxy groups -OCH3 is 1. The number of carbonyl (C=O) groups excluding carboxylic acids is 1. The van der Waals surface area contributed by atoms with Gasteiger partial charge < -0.3 is 19.4 Å². The Morgan fingerprint density at radius 2 is 1.65 bits per heavy atom. The molecule has 1 amide bonds. The summed E-state index contributed by atoms with van der Waals surface area (Å²) in [6, 6.07) is 19.1. The van der Waals surface area contributed by atoms with E-state index in [1.165, 1.54) is 16.2 Å². The number of quaternary nitrogens is 1. The van der Waals surface area contributed by atoms with Crippen molar-refractivity contribution in [3.05, 3.63) is 60.2 Å². The summed E-state index contributed by atoms with van der Waals surface area (Å²) in [5.41, 5.74) is 2.65. The van der Waals surface area contributed by atoms with Crippen LogP contribution in [0, 0.1) is 5.92 Å². The standard InChI is InChI=1S/C26H35N3O2/c1-21(27-16-18-28(19-17-27)24-8-10-25(31-2)11-9-24)26(30)29-14-12-23(13-15-29)20-22-6-4-3-5-7-22/h3-11,21,23H,12-20H2,1-2H3/p+1/t21-/m0/s1. The highest BCUT2D eigenvalue weighted by atomic mass is 16.5. The lowest BCUT2D eigenvalue weighted by Crippen LogP contribution is -3.19. The molecule has 0 spiro atoms. The Kier molecular flexibility index (Phi) is 7.13. The van der Waals surface area contributed by atoms with Crippen LogP contribution >= 0.6 is 0 Å². The van der Waals surface area contributed by atoms with Crippen molar-refractivity contribution in [3.63, 3.8) is 0 Å². The lowest BCUT2D eigenvalue weighted by molar-refractivity contribution is -0.915. The number of hydrogen-bond acceptors (Lipinski definition) is 3. The molecule has 1 atom stereocenters. The van der Waals surface area contributed by atoms with Gasteiger partial charge in [0.15, 0.2) is 6.04 Å². The number of benzene rings is 2. The van der Waals surface area contributed by atoms with E-state index in [2.05, 4.69) is 59.2 Å². The zero-order valence-electron chi connectivity index (χ0n) is 18.9. The number of anilines is 1. The molecular formula is C26H36N3O2+. The molecule has 0 unspecified atom stereocenters. The number of carbonyl (C=O) groups is 1. The van der Waals surface area contributed by atoms with E-state index in [9.17, 15) is 4.79 Å². The molecule has 0 aliphatic carbocycles. The molecule has 31 heavy (non-hydrogen) atoms. The summed E-state index contributed by atoms with van der Waals surface area (Å²) < 4.78 is 5.26. The van der Waals surface area contributed by atoms with Gasteiger partial charge in [0.1, 0.15) is 5.75 Å². The number of rotatable bonds is 6. The van der Waals surface area contributed by atoms with Gasteiger partial charge in [0.25, 0.3) is 5.91 Å². The Morgan fingerprint density at radius 3 is 2.26 bits per heavy atom. The Hall–Kier alpha value is -2.53. The first-order valence-corrected chi connectivity index (χ1v) is 11.7. The smallest absolute Gasteiger partial charge is 0.280 e. The first-order valence-electron chi connectivity index (χ1n) is 11.7. The van der Waals surface area contributed by atoms with E-state index in [1.54, 1.807) is 7.11 Å². The molecule has 0 saturated carbocycles. The van der Waals surface area contributed by atoms with Crippen molar-refractivity contribution in [2.24, 2.45) is 5.92 Å². The largest absolute Gasteiger partial charge is 0.497 e. The van der Waals surface area contributed by atoms with Gasteiger partial charge in [-0.3, -0.25) is 4.79 Å². The number of nitrogens with one attached hydrogen (secondary N) is 1. The summed E-state index contributed by atoms with van der Waals surface area (Å²) in [6.07, 6.45) is 3.37. The number of amides is 1. The van der Waals surface area contributed by atoms with Gasteiger partial charge in [0.05, 0.1) is 33.3 Å². The van der Waals surface area contributed by atoms with E-state index < -0.39 is 0 Å². The minimum absolute atomic E-state index is 0.0451. The molecule has 2 aromatic rings. The van der Waals surface area contributed by atoms with Crippen LogP contribution in [0.25, 0.3) is 0 Å². The van der Waals surface area contributed by atoms with Gasteiger partial charge in [-0.15, -0.1) is 0 Å². The molecule has 2 saturated heterocycles. The molecule has 2 aliphatic heterocycles. The zero-order chi connectivity index (χ0) is 21.6. The summed E-state index contributed by atoms with van der Waals surface area (Å²) in [5, 5.41) is 0. The molecule has 1 N–H and O–H groups in total. The lowest BCUT2D eigenvalue weighted by atomic mass is 9.90. The predicted molar refractivity (Wildman–Crippen MR) is 125 cm³/mol. The summed E-state index contributed by atoms with van der Waals surface area (Å²) in [6.45, 7) is 7.91. The molecule has 166 valence electrons. The van der Waals surface area contributed by atoms with E-state index in [-0.39, 0.29) is 6.04 Å². The number of hydrogen-bond donors (Lipinski definition) is 1. The van der Waals surface area contributed by atoms with Crippen LogP contribution in [0.15, 0.2) is 54.6 Å². The number of piperidine rings is 1. The van der Waals surface area contributed by atoms with Gasteiger partial charge in [-0.25, -0.2) is 0 Å². The van der Waals surface area contributed by atoms with E-state index in [4.69, 9.17) is 4.74 Å². The van der Waals surface area contributed by atoms with Gasteiger partial charge in [-0.1, -0.05) is 30.3 Å². The molecule has 0 aromatic heterocycles. The quantitative estimate of drug-likeness (QED) is 0.776. The second-order valence-corrected chi connectivity index (χ2v) is 9.02. The zero-order valence-corrected chi connectivity index (χ0v) is 18.9. The van der Waals surface area contributed by atoms with E-state index in [0.717, 1.165) is 64.3 Å².